The number of unbranched alkanes of at least 4 members (excludes halogenated alkanes) is 3. The molecule has 2 N–H and O–H groups in total. The summed E-state index contributed by atoms with van der Waals surface area (Å²) in [6, 6.07) is 12.1. The highest BCUT2D eigenvalue weighted by Gasteiger charge is 2.16. The topological polar surface area (TPSA) is 52.5 Å². The molecule has 0 spiro atoms. The summed E-state index contributed by atoms with van der Waals surface area (Å²) in [5.74, 6) is 0.920. The lowest BCUT2D eigenvalue weighted by Gasteiger charge is -2.11. The molecule has 0 saturated carbocycles. The van der Waals surface area contributed by atoms with Crippen molar-refractivity contribution >= 4 is 25.3 Å². The van der Waals surface area contributed by atoms with E-state index in [1.54, 1.807) is 4.48 Å². The van der Waals surface area contributed by atoms with Crippen molar-refractivity contribution in [3.8, 4) is 5.75 Å². The van der Waals surface area contributed by atoms with Crippen LogP contribution in [0.3, 0.4) is 0 Å². The molecule has 0 amide bonds. The second-order valence-electron chi connectivity index (χ2n) is 7.84. The van der Waals surface area contributed by atoms with Crippen molar-refractivity contribution in [2.75, 3.05) is 13.2 Å². The Balaban J connectivity index is 1.68. The van der Waals surface area contributed by atoms with Crippen molar-refractivity contribution in [3.63, 3.8) is 0 Å². The number of aromatic nitrogens is 1. The first kappa shape index (κ1) is 22.9. The lowest BCUT2D eigenvalue weighted by atomic mass is 10.0. The van der Waals surface area contributed by atoms with Gasteiger partial charge < -0.3 is 14.9 Å². The van der Waals surface area contributed by atoms with E-state index in [-0.39, 0.29) is 0 Å². The molecule has 1 aliphatic heterocycles. The number of nitrogens with zero attached hydrogens (tertiary/aromatic N) is 2. The van der Waals surface area contributed by atoms with Crippen LogP contribution in [0.2, 0.25) is 0 Å². The van der Waals surface area contributed by atoms with Gasteiger partial charge >= 0.3 is 0 Å². The summed E-state index contributed by atoms with van der Waals surface area (Å²) in [7, 11) is 6.07. The maximum Gasteiger partial charge on any atom is 0.234 e. The second-order valence-corrected chi connectivity index (χ2v) is 7.84. The fourth-order valence-corrected chi connectivity index (χ4v) is 3.67. The molecule has 5 heteroatoms. The molecular formula is C26H32BN3O. The first-order valence-electron chi connectivity index (χ1n) is 11.2. The standard InChI is InChI=1S/C26H32BN3O/c1-3-4-5-6-18-31-23-13-10-21(11-14-23)9-12-22-19-20(2)26(29-22)24(15-16-28)25-8-7-17-30(25)27/h7-14,17,19H,3-6,15-16,18,28H2,1-2H3/b12-9+,26-24-. The van der Waals surface area contributed by atoms with Crippen LogP contribution in [0, 0.1) is 0 Å². The van der Waals surface area contributed by atoms with Crippen molar-refractivity contribution in [1.82, 2.24) is 4.48 Å². The number of benzene rings is 1. The number of hydrogen-bond donors (Lipinski definition) is 1. The second kappa shape index (κ2) is 11.6. The molecule has 0 atom stereocenters. The maximum atomic E-state index is 6.07. The Morgan fingerprint density at radius 2 is 1.94 bits per heavy atom. The van der Waals surface area contributed by atoms with Gasteiger partial charge in [0.05, 0.1) is 18.0 Å². The van der Waals surface area contributed by atoms with E-state index in [2.05, 4.69) is 38.1 Å². The van der Waals surface area contributed by atoms with Gasteiger partial charge in [0.2, 0.25) is 7.98 Å². The Morgan fingerprint density at radius 3 is 2.61 bits per heavy atom. The SMILES string of the molecule is [B]n1cccc1/C(CCN)=C1N=C(/C=C/c2ccc(OCCCCCC)cc2)C=C\1C. The largest absolute Gasteiger partial charge is 0.494 e. The van der Waals surface area contributed by atoms with E-state index in [0.29, 0.717) is 6.54 Å². The molecule has 2 aromatic rings. The molecule has 160 valence electrons. The molecule has 3 rings (SSSR count). The number of hydrogen-bond acceptors (Lipinski definition) is 3. The molecule has 0 aliphatic carbocycles. The van der Waals surface area contributed by atoms with Crippen molar-refractivity contribution in [2.24, 2.45) is 10.7 Å². The van der Waals surface area contributed by atoms with Crippen LogP contribution in [0.1, 0.15) is 57.2 Å². The van der Waals surface area contributed by atoms with Crippen LogP contribution in [0.4, 0.5) is 0 Å². The zero-order valence-electron chi connectivity index (χ0n) is 18.7. The number of rotatable bonds is 11. The molecule has 0 unspecified atom stereocenters. The van der Waals surface area contributed by atoms with Gasteiger partial charge in [-0.25, -0.2) is 4.99 Å². The van der Waals surface area contributed by atoms with Gasteiger partial charge in [0, 0.05) is 11.3 Å². The summed E-state index contributed by atoms with van der Waals surface area (Å²) in [6.45, 7) is 5.62. The Bertz CT molecular complexity index is 980. The molecular weight excluding hydrogens is 381 g/mol. The molecule has 31 heavy (non-hydrogen) atoms. The lowest BCUT2D eigenvalue weighted by molar-refractivity contribution is 0.305. The van der Waals surface area contributed by atoms with Crippen LogP contribution in [0.15, 0.2) is 71.0 Å². The highest BCUT2D eigenvalue weighted by atomic mass is 16.5. The minimum absolute atomic E-state index is 0.547. The van der Waals surface area contributed by atoms with Crippen molar-refractivity contribution in [3.05, 3.63) is 77.3 Å². The molecule has 4 nitrogen and oxygen atoms in total. The summed E-state index contributed by atoms with van der Waals surface area (Å²) in [4.78, 5) is 4.85. The minimum atomic E-state index is 0.547. The van der Waals surface area contributed by atoms with Crippen LogP contribution in [0.5, 0.6) is 5.75 Å². The zero-order chi connectivity index (χ0) is 22.1. The van der Waals surface area contributed by atoms with E-state index in [4.69, 9.17) is 23.4 Å². The fourth-order valence-electron chi connectivity index (χ4n) is 3.67. The van der Waals surface area contributed by atoms with Crippen LogP contribution in [-0.4, -0.2) is 31.3 Å². The van der Waals surface area contributed by atoms with Gasteiger partial charge in [-0.1, -0.05) is 44.4 Å². The molecule has 2 heterocycles. The molecule has 1 aliphatic rings. The lowest BCUT2D eigenvalue weighted by Crippen LogP contribution is -2.05. The monoisotopic (exact) mass is 413 g/mol. The Kier molecular flexibility index (Phi) is 8.54. The molecule has 0 saturated heterocycles. The highest BCUT2D eigenvalue weighted by Crippen LogP contribution is 2.31. The summed E-state index contributed by atoms with van der Waals surface area (Å²) in [5, 5.41) is 0. The Hall–Kier alpha value is -2.79. The maximum absolute atomic E-state index is 6.07. The normalized spacial score (nSPS) is 15.3. The summed E-state index contributed by atoms with van der Waals surface area (Å²) >= 11 is 0. The van der Waals surface area contributed by atoms with Crippen molar-refractivity contribution in [1.29, 1.82) is 0 Å². The first-order chi connectivity index (χ1) is 15.1. The number of allylic oxidation sites excluding steroid dienone is 3. The van der Waals surface area contributed by atoms with Crippen LogP contribution in [0.25, 0.3) is 11.6 Å². The summed E-state index contributed by atoms with van der Waals surface area (Å²) in [5.41, 5.74) is 12.0. The van der Waals surface area contributed by atoms with Crippen molar-refractivity contribution in [2.45, 2.75) is 46.0 Å². The smallest absolute Gasteiger partial charge is 0.234 e. The van der Waals surface area contributed by atoms with E-state index in [1.165, 1.54) is 19.3 Å². The number of ether oxygens (including phenoxy) is 1. The van der Waals surface area contributed by atoms with Gasteiger partial charge in [0.25, 0.3) is 0 Å². The molecule has 2 radical (unpaired) electrons. The van der Waals surface area contributed by atoms with Crippen LogP contribution < -0.4 is 10.5 Å². The van der Waals surface area contributed by atoms with Crippen molar-refractivity contribution < 1.29 is 4.74 Å². The summed E-state index contributed by atoms with van der Waals surface area (Å²) < 4.78 is 7.45. The fraction of sp³-hybridized carbons (Fsp3) is 0.346. The van der Waals surface area contributed by atoms with Gasteiger partial charge in [-0.05, 0) is 80.1 Å². The third-order valence-electron chi connectivity index (χ3n) is 5.34. The van der Waals surface area contributed by atoms with Gasteiger partial charge in [-0.15, -0.1) is 0 Å². The average Bonchev–Trinajstić information content (AvgIpc) is 3.36. The Labute approximate surface area is 187 Å². The van der Waals surface area contributed by atoms with E-state index in [1.807, 2.05) is 36.5 Å². The van der Waals surface area contributed by atoms with E-state index >= 15 is 0 Å². The van der Waals surface area contributed by atoms with E-state index in [9.17, 15) is 0 Å². The third-order valence-corrected chi connectivity index (χ3v) is 5.34. The molecule has 0 bridgehead atoms. The van der Waals surface area contributed by atoms with Crippen LogP contribution in [-0.2, 0) is 0 Å². The quantitative estimate of drug-likeness (QED) is 0.388. The minimum Gasteiger partial charge on any atom is -0.494 e. The molecule has 1 aromatic carbocycles. The third kappa shape index (κ3) is 6.35. The van der Waals surface area contributed by atoms with E-state index < -0.39 is 0 Å². The van der Waals surface area contributed by atoms with Gasteiger partial charge in [-0.2, -0.15) is 0 Å². The predicted molar refractivity (Wildman–Crippen MR) is 132 cm³/mol. The number of nitrogens with two attached hydrogens (primary N) is 1. The Morgan fingerprint density at radius 1 is 1.13 bits per heavy atom. The van der Waals surface area contributed by atoms with Gasteiger partial charge in [0.1, 0.15) is 5.75 Å². The van der Waals surface area contributed by atoms with Gasteiger partial charge in [0.15, 0.2) is 0 Å². The summed E-state index contributed by atoms with van der Waals surface area (Å²) in [6.07, 6.45) is 13.6. The van der Waals surface area contributed by atoms with Gasteiger partial charge in [-0.3, -0.25) is 0 Å². The number of aliphatic imine (C=N–C) groups is 1. The average molecular weight is 413 g/mol. The molecule has 0 fully saturated rings. The molecule has 1 aromatic heterocycles. The first-order valence-corrected chi connectivity index (χ1v) is 11.2. The zero-order valence-corrected chi connectivity index (χ0v) is 18.7. The predicted octanol–water partition coefficient (Wildman–Crippen LogP) is 5.55. The van der Waals surface area contributed by atoms with Crippen LogP contribution >= 0.6 is 0 Å². The highest BCUT2D eigenvalue weighted by molar-refractivity contribution is 6.11. The van der Waals surface area contributed by atoms with E-state index in [0.717, 1.165) is 59.0 Å².